The summed E-state index contributed by atoms with van der Waals surface area (Å²) in [4.78, 5) is 0. The molecule has 0 spiro atoms. The van der Waals surface area contributed by atoms with Gasteiger partial charge in [-0.3, -0.25) is 0 Å². The summed E-state index contributed by atoms with van der Waals surface area (Å²) in [6, 6.07) is 8.72. The third-order valence-electron chi connectivity index (χ3n) is 3.47. The summed E-state index contributed by atoms with van der Waals surface area (Å²) < 4.78 is 0. The molecule has 0 radical (unpaired) electrons. The van der Waals surface area contributed by atoms with Crippen molar-refractivity contribution in [3.63, 3.8) is 0 Å². The summed E-state index contributed by atoms with van der Waals surface area (Å²) in [5, 5.41) is 13.7. The molecule has 17 heavy (non-hydrogen) atoms. The number of hydrogen-bond acceptors (Lipinski definition) is 3. The fourth-order valence-corrected chi connectivity index (χ4v) is 3.56. The third kappa shape index (κ3) is 3.24. The molecule has 0 saturated carbocycles. The molecule has 0 amide bonds. The van der Waals surface area contributed by atoms with Crippen LogP contribution >= 0.6 is 11.8 Å². The zero-order valence-electron chi connectivity index (χ0n) is 10.6. The Labute approximate surface area is 108 Å². The molecule has 1 heterocycles. The molecule has 0 aliphatic carbocycles. The average molecular weight is 251 g/mol. The summed E-state index contributed by atoms with van der Waals surface area (Å²) in [5.74, 6) is 1.94. The molecule has 1 fully saturated rings. The quantitative estimate of drug-likeness (QED) is 0.862. The lowest BCUT2D eigenvalue weighted by Crippen LogP contribution is -2.41. The van der Waals surface area contributed by atoms with Crippen molar-refractivity contribution >= 4 is 11.8 Å². The van der Waals surface area contributed by atoms with Crippen LogP contribution in [0.2, 0.25) is 0 Å². The van der Waals surface area contributed by atoms with Crippen LogP contribution in [0.1, 0.15) is 30.5 Å². The first kappa shape index (κ1) is 12.9. The standard InChI is InChI=1S/C14H21NOS/c1-11-5-3-4-6-13(11)12(2)15-9-14(16)7-8-17-10-14/h3-6,12,15-16H,7-10H2,1-2H3. The minimum Gasteiger partial charge on any atom is -0.388 e. The van der Waals surface area contributed by atoms with E-state index in [-0.39, 0.29) is 0 Å². The van der Waals surface area contributed by atoms with Crippen LogP contribution in [-0.4, -0.2) is 28.8 Å². The van der Waals surface area contributed by atoms with Crippen molar-refractivity contribution in [3.8, 4) is 0 Å². The maximum absolute atomic E-state index is 10.3. The molecule has 2 atom stereocenters. The van der Waals surface area contributed by atoms with E-state index in [1.807, 2.05) is 11.8 Å². The Balaban J connectivity index is 1.93. The number of rotatable bonds is 4. The smallest absolute Gasteiger partial charge is 0.0869 e. The van der Waals surface area contributed by atoms with Gasteiger partial charge < -0.3 is 10.4 Å². The van der Waals surface area contributed by atoms with Crippen LogP contribution in [0.3, 0.4) is 0 Å². The Morgan fingerprint density at radius 1 is 1.47 bits per heavy atom. The molecule has 1 aromatic rings. The van der Waals surface area contributed by atoms with Crippen LogP contribution in [0.4, 0.5) is 0 Å². The number of nitrogens with one attached hydrogen (secondary N) is 1. The molecule has 0 bridgehead atoms. The maximum atomic E-state index is 10.3. The lowest BCUT2D eigenvalue weighted by atomic mass is 10.00. The van der Waals surface area contributed by atoms with Crippen LogP contribution in [0.5, 0.6) is 0 Å². The van der Waals surface area contributed by atoms with E-state index in [1.54, 1.807) is 0 Å². The summed E-state index contributed by atoms with van der Waals surface area (Å²) in [7, 11) is 0. The van der Waals surface area contributed by atoms with Gasteiger partial charge in [-0.05, 0) is 37.1 Å². The highest BCUT2D eigenvalue weighted by Gasteiger charge is 2.31. The number of thioether (sulfide) groups is 1. The van der Waals surface area contributed by atoms with E-state index in [9.17, 15) is 5.11 Å². The van der Waals surface area contributed by atoms with Crippen LogP contribution in [0.25, 0.3) is 0 Å². The maximum Gasteiger partial charge on any atom is 0.0869 e. The van der Waals surface area contributed by atoms with Crippen molar-refractivity contribution in [2.24, 2.45) is 0 Å². The molecule has 2 unspecified atom stereocenters. The van der Waals surface area contributed by atoms with Gasteiger partial charge in [-0.1, -0.05) is 24.3 Å². The molecule has 1 saturated heterocycles. The van der Waals surface area contributed by atoms with Gasteiger partial charge in [0.2, 0.25) is 0 Å². The van der Waals surface area contributed by atoms with E-state index >= 15 is 0 Å². The predicted octanol–water partition coefficient (Wildman–Crippen LogP) is 2.51. The normalized spacial score (nSPS) is 26.1. The number of aliphatic hydroxyl groups is 1. The fraction of sp³-hybridized carbons (Fsp3) is 0.571. The van der Waals surface area contributed by atoms with Gasteiger partial charge in [0, 0.05) is 18.3 Å². The third-order valence-corrected chi connectivity index (χ3v) is 4.71. The molecule has 1 aromatic carbocycles. The molecular weight excluding hydrogens is 230 g/mol. The average Bonchev–Trinajstić information content (AvgIpc) is 2.74. The number of aryl methyl sites for hydroxylation is 1. The Morgan fingerprint density at radius 2 is 2.24 bits per heavy atom. The van der Waals surface area contributed by atoms with Crippen molar-refractivity contribution in [1.29, 1.82) is 0 Å². The van der Waals surface area contributed by atoms with E-state index in [1.165, 1.54) is 11.1 Å². The Hall–Kier alpha value is -0.510. The molecule has 3 heteroatoms. The van der Waals surface area contributed by atoms with Crippen LogP contribution in [0, 0.1) is 6.92 Å². The largest absolute Gasteiger partial charge is 0.388 e. The van der Waals surface area contributed by atoms with Gasteiger partial charge in [-0.25, -0.2) is 0 Å². The van der Waals surface area contributed by atoms with Crippen LogP contribution < -0.4 is 5.32 Å². The van der Waals surface area contributed by atoms with Gasteiger partial charge in [-0.2, -0.15) is 11.8 Å². The summed E-state index contributed by atoms with van der Waals surface area (Å²) in [5.41, 5.74) is 2.13. The second-order valence-electron chi connectivity index (χ2n) is 4.99. The van der Waals surface area contributed by atoms with E-state index in [0.29, 0.717) is 12.6 Å². The molecule has 2 rings (SSSR count). The summed E-state index contributed by atoms with van der Waals surface area (Å²) in [6.07, 6.45) is 0.908. The molecule has 2 N–H and O–H groups in total. The lowest BCUT2D eigenvalue weighted by molar-refractivity contribution is 0.0651. The zero-order chi connectivity index (χ0) is 12.3. The molecule has 2 nitrogen and oxygen atoms in total. The second-order valence-corrected chi connectivity index (χ2v) is 6.09. The first-order valence-corrected chi connectivity index (χ1v) is 7.35. The topological polar surface area (TPSA) is 32.3 Å². The minimum atomic E-state index is -0.498. The highest BCUT2D eigenvalue weighted by Crippen LogP contribution is 2.28. The first-order valence-electron chi connectivity index (χ1n) is 6.20. The van der Waals surface area contributed by atoms with E-state index in [0.717, 1.165) is 17.9 Å². The monoisotopic (exact) mass is 251 g/mol. The van der Waals surface area contributed by atoms with Crippen LogP contribution in [0.15, 0.2) is 24.3 Å². The molecule has 1 aliphatic rings. The summed E-state index contributed by atoms with van der Waals surface area (Å²) in [6.45, 7) is 4.98. The van der Waals surface area contributed by atoms with Gasteiger partial charge in [0.25, 0.3) is 0 Å². The fourth-order valence-electron chi connectivity index (χ4n) is 2.26. The van der Waals surface area contributed by atoms with Crippen LogP contribution in [-0.2, 0) is 0 Å². The SMILES string of the molecule is Cc1ccccc1C(C)NCC1(O)CCSC1. The van der Waals surface area contributed by atoms with E-state index in [4.69, 9.17) is 0 Å². The first-order chi connectivity index (χ1) is 8.11. The van der Waals surface area contributed by atoms with Gasteiger partial charge in [-0.15, -0.1) is 0 Å². The lowest BCUT2D eigenvalue weighted by Gasteiger charge is -2.25. The highest BCUT2D eigenvalue weighted by molar-refractivity contribution is 7.99. The Kier molecular flexibility index (Phi) is 4.13. The van der Waals surface area contributed by atoms with Gasteiger partial charge in [0.05, 0.1) is 5.60 Å². The van der Waals surface area contributed by atoms with Crippen molar-refractivity contribution in [3.05, 3.63) is 35.4 Å². The van der Waals surface area contributed by atoms with Gasteiger partial charge >= 0.3 is 0 Å². The Bertz CT molecular complexity index is 374. The van der Waals surface area contributed by atoms with E-state index in [2.05, 4.69) is 43.4 Å². The van der Waals surface area contributed by atoms with Crippen molar-refractivity contribution in [2.75, 3.05) is 18.1 Å². The molecule has 1 aliphatic heterocycles. The molecular formula is C14H21NOS. The van der Waals surface area contributed by atoms with Gasteiger partial charge in [0.1, 0.15) is 0 Å². The zero-order valence-corrected chi connectivity index (χ0v) is 11.4. The number of hydrogen-bond donors (Lipinski definition) is 2. The minimum absolute atomic E-state index is 0.297. The Morgan fingerprint density at radius 3 is 2.88 bits per heavy atom. The van der Waals surface area contributed by atoms with Crippen molar-refractivity contribution in [1.82, 2.24) is 5.32 Å². The molecule has 0 aromatic heterocycles. The molecule has 94 valence electrons. The van der Waals surface area contributed by atoms with E-state index < -0.39 is 5.60 Å². The highest BCUT2D eigenvalue weighted by atomic mass is 32.2. The predicted molar refractivity (Wildman–Crippen MR) is 74.5 cm³/mol. The van der Waals surface area contributed by atoms with Gasteiger partial charge in [0.15, 0.2) is 0 Å². The summed E-state index contributed by atoms with van der Waals surface area (Å²) >= 11 is 1.84. The van der Waals surface area contributed by atoms with Crippen molar-refractivity contribution in [2.45, 2.75) is 31.9 Å². The van der Waals surface area contributed by atoms with Crippen molar-refractivity contribution < 1.29 is 5.11 Å². The number of benzene rings is 1. The second kappa shape index (κ2) is 5.42.